The topological polar surface area (TPSA) is 67.2 Å². The van der Waals surface area contributed by atoms with Crippen molar-refractivity contribution in [2.75, 3.05) is 18.4 Å². The van der Waals surface area contributed by atoms with Gasteiger partial charge < -0.3 is 9.88 Å². The van der Waals surface area contributed by atoms with Crippen LogP contribution in [0.3, 0.4) is 0 Å². The smallest absolute Gasteiger partial charge is 0.250 e. The average Bonchev–Trinajstić information content (AvgIpc) is 2.75. The highest BCUT2D eigenvalue weighted by molar-refractivity contribution is 5.89. The summed E-state index contributed by atoms with van der Waals surface area (Å²) < 4.78 is 1.99. The lowest BCUT2D eigenvalue weighted by atomic mass is 9.80. The third-order valence-corrected chi connectivity index (χ3v) is 6.29. The van der Waals surface area contributed by atoms with Crippen molar-refractivity contribution in [3.63, 3.8) is 0 Å². The van der Waals surface area contributed by atoms with E-state index in [-0.39, 0.29) is 11.5 Å². The van der Waals surface area contributed by atoms with Crippen LogP contribution in [-0.4, -0.2) is 33.4 Å². The van der Waals surface area contributed by atoms with Gasteiger partial charge in [0, 0.05) is 68.2 Å². The minimum atomic E-state index is -0.0855. The van der Waals surface area contributed by atoms with Gasteiger partial charge in [-0.25, -0.2) is 0 Å². The number of carbonyl (C=O) groups excluding carboxylic acids is 1. The second-order valence-corrected chi connectivity index (χ2v) is 8.65. The van der Waals surface area contributed by atoms with E-state index in [9.17, 15) is 9.59 Å². The maximum atomic E-state index is 12.7. The number of rotatable bonds is 4. The summed E-state index contributed by atoms with van der Waals surface area (Å²) in [6.07, 6.45) is 2.96. The number of nitrogens with one attached hydrogen (secondary N) is 1. The van der Waals surface area contributed by atoms with Gasteiger partial charge in [0.2, 0.25) is 5.91 Å². The Morgan fingerprint density at radius 1 is 1.06 bits per heavy atom. The van der Waals surface area contributed by atoms with Crippen LogP contribution in [0.1, 0.15) is 30.7 Å². The standard InChI is InChI=1S/C25H26N4O2/c1-17(30)27-21-7-5-19(6-8-21)23-9-10-24(31)29-14-18-12-20(25(23)29)15-28(13-18)16-22-4-2-3-11-26-22/h2-11,18,20H,12-16H2,1H3,(H,27,30)/t18-,20-/m0/s1. The van der Waals surface area contributed by atoms with Crippen LogP contribution >= 0.6 is 0 Å². The lowest BCUT2D eigenvalue weighted by Gasteiger charge is -2.43. The molecule has 31 heavy (non-hydrogen) atoms. The second-order valence-electron chi connectivity index (χ2n) is 8.65. The molecule has 2 aromatic heterocycles. The number of likely N-dealkylation sites (tertiary alicyclic amines) is 1. The first kappa shape index (κ1) is 19.7. The number of carbonyl (C=O) groups is 1. The van der Waals surface area contributed by atoms with Crippen LogP contribution in [-0.2, 0) is 17.9 Å². The molecular weight excluding hydrogens is 388 g/mol. The summed E-state index contributed by atoms with van der Waals surface area (Å²) in [4.78, 5) is 31.0. The number of aromatic nitrogens is 2. The Kier molecular flexibility index (Phi) is 5.16. The van der Waals surface area contributed by atoms with Crippen molar-refractivity contribution < 1.29 is 4.79 Å². The molecule has 5 rings (SSSR count). The molecule has 1 aromatic carbocycles. The zero-order valence-corrected chi connectivity index (χ0v) is 17.6. The summed E-state index contributed by atoms with van der Waals surface area (Å²) in [5.41, 5.74) is 5.26. The third-order valence-electron chi connectivity index (χ3n) is 6.29. The van der Waals surface area contributed by atoms with Gasteiger partial charge in [-0.15, -0.1) is 0 Å². The van der Waals surface area contributed by atoms with Crippen molar-refractivity contribution in [2.24, 2.45) is 5.92 Å². The van der Waals surface area contributed by atoms with Crippen LogP contribution in [0, 0.1) is 5.92 Å². The molecule has 1 fully saturated rings. The Labute approximate surface area is 181 Å². The molecule has 158 valence electrons. The van der Waals surface area contributed by atoms with E-state index in [0.29, 0.717) is 11.8 Å². The lowest BCUT2D eigenvalue weighted by Crippen LogP contribution is -2.47. The average molecular weight is 415 g/mol. The number of hydrogen-bond acceptors (Lipinski definition) is 4. The predicted molar refractivity (Wildman–Crippen MR) is 121 cm³/mol. The van der Waals surface area contributed by atoms with Crippen molar-refractivity contribution >= 4 is 11.6 Å². The minimum absolute atomic E-state index is 0.0847. The number of pyridine rings is 2. The molecule has 3 aromatic rings. The van der Waals surface area contributed by atoms with E-state index in [1.807, 2.05) is 53.2 Å². The van der Waals surface area contributed by atoms with Crippen molar-refractivity contribution in [3.05, 3.63) is 82.5 Å². The highest BCUT2D eigenvalue weighted by Gasteiger charge is 2.36. The summed E-state index contributed by atoms with van der Waals surface area (Å²) >= 11 is 0. The molecule has 2 atom stereocenters. The highest BCUT2D eigenvalue weighted by Crippen LogP contribution is 2.40. The number of benzene rings is 1. The number of hydrogen-bond donors (Lipinski definition) is 1. The molecular formula is C25H26N4O2. The van der Waals surface area contributed by atoms with Gasteiger partial charge in [0.05, 0.1) is 5.69 Å². The lowest BCUT2D eigenvalue weighted by molar-refractivity contribution is -0.114. The van der Waals surface area contributed by atoms with Crippen molar-refractivity contribution in [1.29, 1.82) is 0 Å². The van der Waals surface area contributed by atoms with Crippen molar-refractivity contribution in [2.45, 2.75) is 32.4 Å². The first-order valence-electron chi connectivity index (χ1n) is 10.8. The molecule has 2 bridgehead atoms. The van der Waals surface area contributed by atoms with Gasteiger partial charge in [0.25, 0.3) is 5.56 Å². The number of anilines is 1. The maximum Gasteiger partial charge on any atom is 0.250 e. The molecule has 0 spiro atoms. The van der Waals surface area contributed by atoms with Gasteiger partial charge in [-0.2, -0.15) is 0 Å². The fraction of sp³-hybridized carbons (Fsp3) is 0.320. The van der Waals surface area contributed by atoms with Crippen LogP contribution in [0.5, 0.6) is 0 Å². The van der Waals surface area contributed by atoms with Crippen molar-refractivity contribution in [3.8, 4) is 11.1 Å². The van der Waals surface area contributed by atoms with Gasteiger partial charge >= 0.3 is 0 Å². The van der Waals surface area contributed by atoms with Crippen LogP contribution in [0.25, 0.3) is 11.1 Å². The quantitative estimate of drug-likeness (QED) is 0.710. The number of fused-ring (bicyclic) bond motifs is 4. The summed E-state index contributed by atoms with van der Waals surface area (Å²) in [5, 5.41) is 2.81. The molecule has 6 heteroatoms. The van der Waals surface area contributed by atoms with Gasteiger partial charge in [-0.3, -0.25) is 19.5 Å². The summed E-state index contributed by atoms with van der Waals surface area (Å²) in [6, 6.07) is 17.6. The normalized spacial score (nSPS) is 20.2. The number of amides is 1. The third kappa shape index (κ3) is 4.03. The molecule has 1 amide bonds. The van der Waals surface area contributed by atoms with E-state index < -0.39 is 0 Å². The second kappa shape index (κ2) is 8.12. The Hall–Kier alpha value is -3.25. The Bertz CT molecular complexity index is 1150. The maximum absolute atomic E-state index is 12.7. The van der Waals surface area contributed by atoms with Gasteiger partial charge in [0.1, 0.15) is 0 Å². The molecule has 2 aliphatic heterocycles. The van der Waals surface area contributed by atoms with Crippen molar-refractivity contribution in [1.82, 2.24) is 14.5 Å². The largest absolute Gasteiger partial charge is 0.326 e. The fourth-order valence-electron chi connectivity index (χ4n) is 5.14. The summed E-state index contributed by atoms with van der Waals surface area (Å²) in [6.45, 7) is 5.03. The first-order chi connectivity index (χ1) is 15.1. The highest BCUT2D eigenvalue weighted by atomic mass is 16.1. The Morgan fingerprint density at radius 2 is 1.90 bits per heavy atom. The van der Waals surface area contributed by atoms with E-state index in [2.05, 4.69) is 21.3 Å². The van der Waals surface area contributed by atoms with Crippen LogP contribution < -0.4 is 10.9 Å². The minimum Gasteiger partial charge on any atom is -0.326 e. The molecule has 4 heterocycles. The molecule has 0 unspecified atom stereocenters. The Morgan fingerprint density at radius 3 is 2.65 bits per heavy atom. The molecule has 0 saturated carbocycles. The SMILES string of the molecule is CC(=O)Nc1ccc(-c2ccc(=O)n3c2[C@H]2C[C@@H](CN(Cc4ccccn4)C2)C3)cc1. The predicted octanol–water partition coefficient (Wildman–Crippen LogP) is 3.49. The van der Waals surface area contributed by atoms with Gasteiger partial charge in [-0.1, -0.05) is 18.2 Å². The van der Waals surface area contributed by atoms with Crippen LogP contribution in [0.15, 0.2) is 65.6 Å². The summed E-state index contributed by atoms with van der Waals surface area (Å²) in [7, 11) is 0. The summed E-state index contributed by atoms with van der Waals surface area (Å²) in [5.74, 6) is 0.706. The zero-order valence-electron chi connectivity index (χ0n) is 17.6. The van der Waals surface area contributed by atoms with E-state index in [1.165, 1.54) is 6.92 Å². The van der Waals surface area contributed by atoms with Crippen LogP contribution in [0.2, 0.25) is 0 Å². The molecule has 0 aliphatic carbocycles. The van der Waals surface area contributed by atoms with E-state index in [0.717, 1.165) is 60.8 Å². The van der Waals surface area contributed by atoms with Gasteiger partial charge in [-0.05, 0) is 48.2 Å². The zero-order chi connectivity index (χ0) is 21.4. The van der Waals surface area contributed by atoms with E-state index >= 15 is 0 Å². The van der Waals surface area contributed by atoms with E-state index in [4.69, 9.17) is 0 Å². The van der Waals surface area contributed by atoms with E-state index in [1.54, 1.807) is 6.07 Å². The molecule has 0 radical (unpaired) electrons. The molecule has 6 nitrogen and oxygen atoms in total. The number of piperidine rings is 1. The molecule has 2 aliphatic rings. The first-order valence-corrected chi connectivity index (χ1v) is 10.8. The number of nitrogens with zero attached hydrogens (tertiary/aromatic N) is 3. The van der Waals surface area contributed by atoms with Gasteiger partial charge in [0.15, 0.2) is 0 Å². The Balaban J connectivity index is 1.47. The monoisotopic (exact) mass is 414 g/mol. The fourth-order valence-corrected chi connectivity index (χ4v) is 5.14. The van der Waals surface area contributed by atoms with Crippen LogP contribution in [0.4, 0.5) is 5.69 Å². The molecule has 1 N–H and O–H groups in total. The molecule has 1 saturated heterocycles.